The van der Waals surface area contributed by atoms with E-state index in [1.54, 1.807) is 0 Å². The van der Waals surface area contributed by atoms with Gasteiger partial charge in [0.25, 0.3) is 0 Å². The molecule has 1 heterocycles. The van der Waals surface area contributed by atoms with Gasteiger partial charge in [-0.3, -0.25) is 9.59 Å². The maximum atomic E-state index is 11.9. The minimum absolute atomic E-state index is 0.0895. The molecule has 1 aliphatic heterocycles. The van der Waals surface area contributed by atoms with E-state index in [9.17, 15) is 19.6 Å². The second-order valence-electron chi connectivity index (χ2n) is 7.76. The summed E-state index contributed by atoms with van der Waals surface area (Å²) in [6.07, 6.45) is 1.09. The normalized spacial score (nSPS) is 16.2. The number of rotatable bonds is 7. The average molecular weight is 417 g/mol. The van der Waals surface area contributed by atoms with Crippen LogP contribution < -0.4 is 16.0 Å². The average Bonchev–Trinajstić information content (AvgIpc) is 2.72. The summed E-state index contributed by atoms with van der Waals surface area (Å²) in [5.74, 6) is -0.0460. The summed E-state index contributed by atoms with van der Waals surface area (Å²) < 4.78 is 5.00. The molecule has 0 bridgehead atoms. The predicted molar refractivity (Wildman–Crippen MR) is 113 cm³/mol. The molecule has 1 saturated heterocycles. The van der Waals surface area contributed by atoms with Crippen LogP contribution in [0.15, 0.2) is 30.3 Å². The third kappa shape index (κ3) is 11.1. The maximum Gasteiger partial charge on any atom is 0.407 e. The van der Waals surface area contributed by atoms with Crippen molar-refractivity contribution < 1.29 is 19.1 Å². The highest BCUT2D eigenvalue weighted by molar-refractivity contribution is 5.83. The molecule has 0 saturated carbocycles. The van der Waals surface area contributed by atoms with Gasteiger partial charge in [-0.05, 0) is 30.7 Å². The molecule has 1 aromatic rings. The lowest BCUT2D eigenvalue weighted by Gasteiger charge is -2.23. The molecule has 1 fully saturated rings. The summed E-state index contributed by atoms with van der Waals surface area (Å²) in [6, 6.07) is 10.4. The van der Waals surface area contributed by atoms with Crippen molar-refractivity contribution in [3.63, 3.8) is 0 Å². The molecule has 3 N–H and O–H groups in total. The Bertz CT molecular complexity index is 713. The summed E-state index contributed by atoms with van der Waals surface area (Å²) in [6.45, 7) is 6.95. The van der Waals surface area contributed by atoms with Gasteiger partial charge in [0.15, 0.2) is 0 Å². The number of hydrogen-bond acceptors (Lipinski definition) is 5. The monoisotopic (exact) mass is 416 g/mol. The number of carbonyl (C=O) groups excluding carboxylic acids is 3. The summed E-state index contributed by atoms with van der Waals surface area (Å²) >= 11 is 0. The molecule has 0 aromatic heterocycles. The first kappa shape index (κ1) is 25.0. The fraction of sp³-hybridized carbons (Fsp3) is 0.545. The van der Waals surface area contributed by atoms with Crippen LogP contribution in [0.3, 0.4) is 0 Å². The fourth-order valence-corrected chi connectivity index (χ4v) is 2.66. The van der Waals surface area contributed by atoms with Crippen LogP contribution in [0, 0.1) is 23.2 Å². The van der Waals surface area contributed by atoms with Crippen LogP contribution in [0.5, 0.6) is 0 Å². The van der Waals surface area contributed by atoms with Crippen molar-refractivity contribution in [1.29, 1.82) is 5.26 Å². The lowest BCUT2D eigenvalue weighted by molar-refractivity contribution is -0.127. The van der Waals surface area contributed by atoms with E-state index in [2.05, 4.69) is 36.7 Å². The highest BCUT2D eigenvalue weighted by Crippen LogP contribution is 2.17. The Morgan fingerprint density at radius 1 is 1.27 bits per heavy atom. The first-order valence-corrected chi connectivity index (χ1v) is 10.2. The smallest absolute Gasteiger partial charge is 0.407 e. The molecule has 2 atom stereocenters. The maximum absolute atomic E-state index is 11.9. The Labute approximate surface area is 178 Å². The minimum atomic E-state index is -0.779. The van der Waals surface area contributed by atoms with Crippen LogP contribution in [-0.4, -0.2) is 37.0 Å². The predicted octanol–water partition coefficient (Wildman–Crippen LogP) is 2.50. The van der Waals surface area contributed by atoms with E-state index in [1.807, 2.05) is 36.4 Å². The minimum Gasteiger partial charge on any atom is -0.445 e. The number of benzene rings is 1. The van der Waals surface area contributed by atoms with Crippen LogP contribution in [0.2, 0.25) is 0 Å². The van der Waals surface area contributed by atoms with Gasteiger partial charge >= 0.3 is 6.09 Å². The SMILES string of the molecule is CC(C)C.N#C[C@H](C[C@@H]1CCCNC1=O)NC(=O)CNC(=O)OCc1ccccc1. The third-order valence-electron chi connectivity index (χ3n) is 4.02. The van der Waals surface area contributed by atoms with E-state index in [4.69, 9.17) is 4.74 Å². The zero-order chi connectivity index (χ0) is 22.4. The topological polar surface area (TPSA) is 120 Å². The number of nitriles is 1. The van der Waals surface area contributed by atoms with Crippen LogP contribution in [0.1, 0.15) is 45.6 Å². The van der Waals surface area contributed by atoms with Crippen LogP contribution >= 0.6 is 0 Å². The molecule has 3 amide bonds. The van der Waals surface area contributed by atoms with Gasteiger partial charge in [-0.2, -0.15) is 5.26 Å². The number of nitrogens with one attached hydrogen (secondary N) is 3. The van der Waals surface area contributed by atoms with Crippen molar-refractivity contribution in [3.8, 4) is 6.07 Å². The van der Waals surface area contributed by atoms with Gasteiger partial charge in [0.1, 0.15) is 19.2 Å². The molecule has 2 rings (SSSR count). The fourth-order valence-electron chi connectivity index (χ4n) is 2.66. The molecule has 0 unspecified atom stereocenters. The number of piperidine rings is 1. The Hall–Kier alpha value is -3.08. The van der Waals surface area contributed by atoms with Crippen molar-refractivity contribution in [2.75, 3.05) is 13.1 Å². The number of carbonyl (C=O) groups is 3. The number of amides is 3. The Balaban J connectivity index is 0.00000103. The summed E-state index contributed by atoms with van der Waals surface area (Å²) in [5.41, 5.74) is 0.836. The Kier molecular flexibility index (Phi) is 11.6. The van der Waals surface area contributed by atoms with Crippen molar-refractivity contribution in [2.45, 2.75) is 52.7 Å². The van der Waals surface area contributed by atoms with Gasteiger partial charge < -0.3 is 20.7 Å². The van der Waals surface area contributed by atoms with Gasteiger partial charge in [-0.15, -0.1) is 0 Å². The molecule has 164 valence electrons. The Morgan fingerprint density at radius 3 is 2.53 bits per heavy atom. The molecule has 30 heavy (non-hydrogen) atoms. The summed E-state index contributed by atoms with van der Waals surface area (Å²) in [5, 5.41) is 16.8. The second-order valence-corrected chi connectivity index (χ2v) is 7.76. The molecule has 8 nitrogen and oxygen atoms in total. The largest absolute Gasteiger partial charge is 0.445 e. The van der Waals surface area contributed by atoms with Crippen LogP contribution in [-0.2, 0) is 20.9 Å². The van der Waals surface area contributed by atoms with Crippen molar-refractivity contribution >= 4 is 17.9 Å². The van der Waals surface area contributed by atoms with E-state index in [0.29, 0.717) is 13.0 Å². The molecule has 0 spiro atoms. The van der Waals surface area contributed by atoms with Gasteiger partial charge in [-0.25, -0.2) is 4.79 Å². The highest BCUT2D eigenvalue weighted by atomic mass is 16.5. The molecule has 1 aromatic carbocycles. The first-order valence-electron chi connectivity index (χ1n) is 10.2. The van der Waals surface area contributed by atoms with Gasteiger partial charge in [0, 0.05) is 12.5 Å². The molecular formula is C22H32N4O4. The van der Waals surface area contributed by atoms with Crippen molar-refractivity contribution in [3.05, 3.63) is 35.9 Å². The van der Waals surface area contributed by atoms with E-state index in [-0.39, 0.29) is 31.4 Å². The quantitative estimate of drug-likeness (QED) is 0.631. The van der Waals surface area contributed by atoms with E-state index < -0.39 is 18.0 Å². The number of nitrogens with zero attached hydrogens (tertiary/aromatic N) is 1. The first-order chi connectivity index (χ1) is 14.3. The van der Waals surface area contributed by atoms with Crippen molar-refractivity contribution in [2.24, 2.45) is 11.8 Å². The van der Waals surface area contributed by atoms with Gasteiger partial charge in [0.05, 0.1) is 6.07 Å². The van der Waals surface area contributed by atoms with Crippen LogP contribution in [0.4, 0.5) is 4.79 Å². The zero-order valence-electron chi connectivity index (χ0n) is 17.9. The van der Waals surface area contributed by atoms with E-state index >= 15 is 0 Å². The Morgan fingerprint density at radius 2 is 1.93 bits per heavy atom. The second kappa shape index (κ2) is 14.0. The highest BCUT2D eigenvalue weighted by Gasteiger charge is 2.26. The third-order valence-corrected chi connectivity index (χ3v) is 4.02. The molecular weight excluding hydrogens is 384 g/mol. The van der Waals surface area contributed by atoms with E-state index in [0.717, 1.165) is 17.9 Å². The van der Waals surface area contributed by atoms with Gasteiger partial charge in [-0.1, -0.05) is 51.1 Å². The number of alkyl carbamates (subject to hydrolysis) is 1. The molecule has 0 aliphatic carbocycles. The van der Waals surface area contributed by atoms with Gasteiger partial charge in [0.2, 0.25) is 11.8 Å². The summed E-state index contributed by atoms with van der Waals surface area (Å²) in [4.78, 5) is 35.2. The molecule has 0 radical (unpaired) electrons. The zero-order valence-corrected chi connectivity index (χ0v) is 17.9. The lowest BCUT2D eigenvalue weighted by Crippen LogP contribution is -2.44. The lowest BCUT2D eigenvalue weighted by atomic mass is 9.92. The van der Waals surface area contributed by atoms with E-state index in [1.165, 1.54) is 0 Å². The molecule has 1 aliphatic rings. The standard InChI is InChI=1S/C18H22N4O4.C4H10/c19-10-15(9-14-7-4-8-20-17(14)24)22-16(23)11-21-18(25)26-12-13-5-2-1-3-6-13;1-4(2)3/h1-3,5-6,14-15H,4,7-9,11-12H2,(H,20,24)(H,21,25)(H,22,23);4H,1-3H3/t14-,15-;/m0./s1. The van der Waals surface area contributed by atoms with Crippen molar-refractivity contribution in [1.82, 2.24) is 16.0 Å². The van der Waals surface area contributed by atoms with Crippen LogP contribution in [0.25, 0.3) is 0 Å². The number of ether oxygens (including phenoxy) is 1. The molecule has 8 heteroatoms. The summed E-state index contributed by atoms with van der Waals surface area (Å²) in [7, 11) is 0. The number of hydrogen-bond donors (Lipinski definition) is 3.